The molecule has 2 aromatic rings. The van der Waals surface area contributed by atoms with Crippen LogP contribution < -0.4 is 11.5 Å². The average molecular weight is 335 g/mol. The second kappa shape index (κ2) is 7.50. The third-order valence-electron chi connectivity index (χ3n) is 3.30. The normalized spacial score (nSPS) is 11.0. The van der Waals surface area contributed by atoms with Crippen LogP contribution in [0.3, 0.4) is 0 Å². The van der Waals surface area contributed by atoms with E-state index in [0.29, 0.717) is 6.54 Å². The fraction of sp³-hybridized carbons (Fsp3) is 0.375. The molecule has 0 aliphatic carbocycles. The van der Waals surface area contributed by atoms with E-state index in [1.807, 2.05) is 13.0 Å². The van der Waals surface area contributed by atoms with Crippen molar-refractivity contribution < 1.29 is 4.39 Å². The van der Waals surface area contributed by atoms with Gasteiger partial charge < -0.3 is 16.0 Å². The fourth-order valence-electron chi connectivity index (χ4n) is 2.24. The Kier molecular flexibility index (Phi) is 5.65. The Hall–Kier alpha value is -2.02. The molecule has 7 heteroatoms. The summed E-state index contributed by atoms with van der Waals surface area (Å²) in [5, 5.41) is 1.01. The maximum Gasteiger partial charge on any atom is 0.186 e. The van der Waals surface area contributed by atoms with E-state index in [0.717, 1.165) is 28.0 Å². The molecule has 2 rings (SSSR count). The molecule has 0 saturated carbocycles. The van der Waals surface area contributed by atoms with E-state index in [2.05, 4.69) is 23.4 Å². The van der Waals surface area contributed by atoms with Gasteiger partial charge in [-0.1, -0.05) is 31.7 Å². The molecule has 0 spiro atoms. The van der Waals surface area contributed by atoms with Gasteiger partial charge in [0, 0.05) is 11.4 Å². The highest BCUT2D eigenvalue weighted by molar-refractivity contribution is 7.99. The molecule has 1 aromatic heterocycles. The van der Waals surface area contributed by atoms with Gasteiger partial charge in [0.25, 0.3) is 0 Å². The number of guanidine groups is 1. The zero-order valence-corrected chi connectivity index (χ0v) is 14.4. The second-order valence-electron chi connectivity index (χ2n) is 5.42. The first kappa shape index (κ1) is 17.3. The van der Waals surface area contributed by atoms with Crippen molar-refractivity contribution in [2.24, 2.45) is 16.5 Å². The molecule has 0 saturated heterocycles. The number of halogens is 1. The smallest absolute Gasteiger partial charge is 0.186 e. The highest BCUT2D eigenvalue weighted by atomic mass is 32.2. The van der Waals surface area contributed by atoms with Gasteiger partial charge in [-0.25, -0.2) is 14.4 Å². The third kappa shape index (κ3) is 4.25. The minimum Gasteiger partial charge on any atom is -0.370 e. The second-order valence-corrected chi connectivity index (χ2v) is 6.48. The third-order valence-corrected chi connectivity index (χ3v) is 4.41. The van der Waals surface area contributed by atoms with Gasteiger partial charge >= 0.3 is 0 Å². The van der Waals surface area contributed by atoms with Gasteiger partial charge in [-0.3, -0.25) is 0 Å². The van der Waals surface area contributed by atoms with Crippen molar-refractivity contribution in [2.75, 3.05) is 0 Å². The number of nitrogens with two attached hydrogens (primary N) is 2. The molecule has 0 fully saturated rings. The number of nitrogens with zero attached hydrogens (tertiary/aromatic N) is 3. The summed E-state index contributed by atoms with van der Waals surface area (Å²) in [6.45, 7) is 7.29. The standard InChI is InChI=1S/C16H22FN5S/c1-4-22-13(9-20-16(18)19)21-14(10(2)3)15(22)23-12-7-5-6-11(17)8-12/h5-8,10H,4,9H2,1-3H3,(H4,18,19,20). The maximum atomic E-state index is 13.4. The summed E-state index contributed by atoms with van der Waals surface area (Å²) in [7, 11) is 0. The predicted molar refractivity (Wildman–Crippen MR) is 92.0 cm³/mol. The lowest BCUT2D eigenvalue weighted by molar-refractivity contribution is 0.623. The summed E-state index contributed by atoms with van der Waals surface area (Å²) in [5.41, 5.74) is 11.8. The Bertz CT molecular complexity index is 704. The number of aliphatic imine (C=N–C) groups is 1. The molecule has 0 unspecified atom stereocenters. The van der Waals surface area contributed by atoms with Gasteiger partial charge in [0.15, 0.2) is 5.96 Å². The minimum atomic E-state index is -0.246. The van der Waals surface area contributed by atoms with Crippen LogP contribution in [0.25, 0.3) is 0 Å². The quantitative estimate of drug-likeness (QED) is 0.628. The maximum absolute atomic E-state index is 13.4. The molecule has 1 heterocycles. The van der Waals surface area contributed by atoms with Crippen LogP contribution in [0.15, 0.2) is 39.2 Å². The molecule has 23 heavy (non-hydrogen) atoms. The van der Waals surface area contributed by atoms with Crippen molar-refractivity contribution in [1.82, 2.24) is 9.55 Å². The van der Waals surface area contributed by atoms with E-state index in [4.69, 9.17) is 16.5 Å². The Labute approximate surface area is 140 Å². The molecule has 0 aliphatic rings. The topological polar surface area (TPSA) is 82.2 Å². The molecule has 4 N–H and O–H groups in total. The molecule has 1 aromatic carbocycles. The van der Waals surface area contributed by atoms with Crippen LogP contribution >= 0.6 is 11.8 Å². The van der Waals surface area contributed by atoms with Crippen LogP contribution in [0, 0.1) is 5.82 Å². The Morgan fingerprint density at radius 3 is 2.70 bits per heavy atom. The zero-order valence-electron chi connectivity index (χ0n) is 13.6. The van der Waals surface area contributed by atoms with Crippen LogP contribution in [-0.2, 0) is 13.1 Å². The molecule has 0 atom stereocenters. The summed E-state index contributed by atoms with van der Waals surface area (Å²) in [6.07, 6.45) is 0. The Balaban J connectivity index is 2.44. The van der Waals surface area contributed by atoms with Crippen molar-refractivity contribution in [3.8, 4) is 0 Å². The molecule has 0 bridgehead atoms. The molecule has 5 nitrogen and oxygen atoms in total. The number of benzene rings is 1. The zero-order chi connectivity index (χ0) is 17.0. The van der Waals surface area contributed by atoms with E-state index < -0.39 is 0 Å². The van der Waals surface area contributed by atoms with Crippen molar-refractivity contribution >= 4 is 17.7 Å². The SMILES string of the molecule is CCn1c(CN=C(N)N)nc(C(C)C)c1Sc1cccc(F)c1. The van der Waals surface area contributed by atoms with Gasteiger partial charge in [-0.15, -0.1) is 0 Å². The van der Waals surface area contributed by atoms with Gasteiger partial charge in [-0.2, -0.15) is 0 Å². The van der Waals surface area contributed by atoms with E-state index in [1.165, 1.54) is 23.9 Å². The van der Waals surface area contributed by atoms with Crippen LogP contribution in [-0.4, -0.2) is 15.5 Å². The van der Waals surface area contributed by atoms with Crippen molar-refractivity contribution in [1.29, 1.82) is 0 Å². The number of rotatable bonds is 6. The van der Waals surface area contributed by atoms with Crippen LogP contribution in [0.1, 0.15) is 38.2 Å². The van der Waals surface area contributed by atoms with Crippen LogP contribution in [0.2, 0.25) is 0 Å². The van der Waals surface area contributed by atoms with E-state index in [-0.39, 0.29) is 17.7 Å². The number of imidazole rings is 1. The molecule has 124 valence electrons. The van der Waals surface area contributed by atoms with E-state index in [1.54, 1.807) is 6.07 Å². The number of hydrogen-bond donors (Lipinski definition) is 2. The first-order chi connectivity index (χ1) is 10.9. The summed E-state index contributed by atoms with van der Waals surface area (Å²) < 4.78 is 15.5. The van der Waals surface area contributed by atoms with Gasteiger partial charge in [-0.05, 0) is 31.0 Å². The molecule has 0 radical (unpaired) electrons. The van der Waals surface area contributed by atoms with Crippen molar-refractivity contribution in [3.05, 3.63) is 41.6 Å². The molecule has 0 amide bonds. The summed E-state index contributed by atoms with van der Waals surface area (Å²) in [4.78, 5) is 9.60. The molecular weight excluding hydrogens is 313 g/mol. The highest BCUT2D eigenvalue weighted by Crippen LogP contribution is 2.35. The lowest BCUT2D eigenvalue weighted by Crippen LogP contribution is -2.23. The number of aromatic nitrogens is 2. The van der Waals surface area contributed by atoms with Gasteiger partial charge in [0.1, 0.15) is 23.2 Å². The molecule has 0 aliphatic heterocycles. The van der Waals surface area contributed by atoms with E-state index >= 15 is 0 Å². The minimum absolute atomic E-state index is 0.0427. The van der Waals surface area contributed by atoms with E-state index in [9.17, 15) is 4.39 Å². The van der Waals surface area contributed by atoms with Crippen LogP contribution in [0.4, 0.5) is 4.39 Å². The average Bonchev–Trinajstić information content (AvgIpc) is 2.83. The van der Waals surface area contributed by atoms with Gasteiger partial charge in [0.2, 0.25) is 0 Å². The monoisotopic (exact) mass is 335 g/mol. The summed E-state index contributed by atoms with van der Waals surface area (Å²) in [5.74, 6) is 0.853. The van der Waals surface area contributed by atoms with Crippen LogP contribution in [0.5, 0.6) is 0 Å². The summed E-state index contributed by atoms with van der Waals surface area (Å²) in [6, 6.07) is 6.56. The lowest BCUT2D eigenvalue weighted by Gasteiger charge is -2.11. The van der Waals surface area contributed by atoms with Crippen molar-refractivity contribution in [2.45, 2.75) is 49.7 Å². The number of hydrogen-bond acceptors (Lipinski definition) is 3. The largest absolute Gasteiger partial charge is 0.370 e. The fourth-order valence-corrected chi connectivity index (χ4v) is 3.51. The van der Waals surface area contributed by atoms with Gasteiger partial charge in [0.05, 0.1) is 5.69 Å². The van der Waals surface area contributed by atoms with Crippen molar-refractivity contribution in [3.63, 3.8) is 0 Å². The molecular formula is C16H22FN5S. The first-order valence-electron chi connectivity index (χ1n) is 7.50. The predicted octanol–water partition coefficient (Wildman–Crippen LogP) is 3.09. The Morgan fingerprint density at radius 2 is 2.13 bits per heavy atom. The highest BCUT2D eigenvalue weighted by Gasteiger charge is 2.19. The lowest BCUT2D eigenvalue weighted by atomic mass is 10.1. The first-order valence-corrected chi connectivity index (χ1v) is 8.32. The Morgan fingerprint density at radius 1 is 1.39 bits per heavy atom. The summed E-state index contributed by atoms with van der Waals surface area (Å²) >= 11 is 1.51.